The number of hydrogen-bond acceptors (Lipinski definition) is 5. The average Bonchev–Trinajstić information content (AvgIpc) is 2.90. The van der Waals surface area contributed by atoms with Crippen molar-refractivity contribution in [2.24, 2.45) is 0 Å². The maximum absolute atomic E-state index is 12.8. The van der Waals surface area contributed by atoms with E-state index in [4.69, 9.17) is 4.74 Å². The van der Waals surface area contributed by atoms with Gasteiger partial charge in [0.05, 0.1) is 12.0 Å². The van der Waals surface area contributed by atoms with Gasteiger partial charge in [0.25, 0.3) is 5.56 Å². The van der Waals surface area contributed by atoms with Gasteiger partial charge in [-0.05, 0) is 44.7 Å². The number of aromatic nitrogens is 2. The number of fused-ring (bicyclic) bond motifs is 1. The van der Waals surface area contributed by atoms with Crippen molar-refractivity contribution in [1.29, 1.82) is 0 Å². The minimum atomic E-state index is -0.408. The molecule has 3 rings (SSSR count). The van der Waals surface area contributed by atoms with Crippen LogP contribution in [0.2, 0.25) is 0 Å². The van der Waals surface area contributed by atoms with Crippen LogP contribution in [0.3, 0.4) is 0 Å². The number of aryl methyl sites for hydroxylation is 4. The van der Waals surface area contributed by atoms with Gasteiger partial charge in [-0.25, -0.2) is 4.98 Å². The highest BCUT2D eigenvalue weighted by molar-refractivity contribution is 7.18. The van der Waals surface area contributed by atoms with Gasteiger partial charge in [0.15, 0.2) is 0 Å². The molecule has 3 aromatic rings. The number of nitrogens with zero attached hydrogens (tertiary/aromatic N) is 2. The van der Waals surface area contributed by atoms with Crippen LogP contribution >= 0.6 is 11.3 Å². The largest absolute Gasteiger partial charge is 0.464 e. The van der Waals surface area contributed by atoms with Gasteiger partial charge in [0, 0.05) is 4.88 Å². The zero-order chi connectivity index (χ0) is 18.7. The van der Waals surface area contributed by atoms with E-state index < -0.39 is 5.97 Å². The first kappa shape index (κ1) is 18.3. The van der Waals surface area contributed by atoms with Gasteiger partial charge in [0.2, 0.25) is 0 Å². The SMILES string of the molecule is Cc1sc2nc(C)n(CC(=O)OCCCc3ccccc3)c(=O)c2c1C. The summed E-state index contributed by atoms with van der Waals surface area (Å²) in [6, 6.07) is 10.1. The van der Waals surface area contributed by atoms with Crippen LogP contribution in [-0.2, 0) is 22.5 Å². The van der Waals surface area contributed by atoms with Crippen molar-refractivity contribution in [2.45, 2.75) is 40.2 Å². The monoisotopic (exact) mass is 370 g/mol. The van der Waals surface area contributed by atoms with Crippen molar-refractivity contribution in [1.82, 2.24) is 9.55 Å². The van der Waals surface area contributed by atoms with Crippen molar-refractivity contribution >= 4 is 27.5 Å². The molecule has 6 heteroatoms. The van der Waals surface area contributed by atoms with Crippen LogP contribution in [0.25, 0.3) is 10.2 Å². The summed E-state index contributed by atoms with van der Waals surface area (Å²) in [4.78, 5) is 31.2. The molecule has 0 radical (unpaired) electrons. The summed E-state index contributed by atoms with van der Waals surface area (Å²) in [6.45, 7) is 5.87. The highest BCUT2D eigenvalue weighted by atomic mass is 32.1. The third-order valence-electron chi connectivity index (χ3n) is 4.48. The highest BCUT2D eigenvalue weighted by Crippen LogP contribution is 2.26. The molecule has 2 heterocycles. The summed E-state index contributed by atoms with van der Waals surface area (Å²) >= 11 is 1.51. The smallest absolute Gasteiger partial charge is 0.326 e. The summed E-state index contributed by atoms with van der Waals surface area (Å²) in [5.41, 5.74) is 1.98. The maximum atomic E-state index is 12.8. The Labute approximate surface area is 156 Å². The van der Waals surface area contributed by atoms with E-state index in [0.717, 1.165) is 28.1 Å². The predicted molar refractivity (Wildman–Crippen MR) is 104 cm³/mol. The van der Waals surface area contributed by atoms with Gasteiger partial charge in [0.1, 0.15) is 17.2 Å². The second-order valence-corrected chi connectivity index (χ2v) is 7.53. The Morgan fingerprint density at radius 1 is 1.19 bits per heavy atom. The Hall–Kier alpha value is -2.47. The number of rotatable bonds is 6. The minimum absolute atomic E-state index is 0.104. The first-order valence-corrected chi connectivity index (χ1v) is 9.45. The molecule has 0 bridgehead atoms. The fourth-order valence-corrected chi connectivity index (χ4v) is 3.96. The van der Waals surface area contributed by atoms with E-state index in [2.05, 4.69) is 17.1 Å². The molecule has 2 aromatic heterocycles. The van der Waals surface area contributed by atoms with E-state index in [1.165, 1.54) is 21.5 Å². The molecule has 0 saturated heterocycles. The number of carbonyl (C=O) groups excluding carboxylic acids is 1. The topological polar surface area (TPSA) is 61.2 Å². The van der Waals surface area contributed by atoms with Gasteiger partial charge in [-0.3, -0.25) is 14.2 Å². The molecule has 136 valence electrons. The quantitative estimate of drug-likeness (QED) is 0.492. The van der Waals surface area contributed by atoms with Gasteiger partial charge in [-0.15, -0.1) is 11.3 Å². The van der Waals surface area contributed by atoms with E-state index in [-0.39, 0.29) is 12.1 Å². The van der Waals surface area contributed by atoms with E-state index in [1.807, 2.05) is 32.0 Å². The summed E-state index contributed by atoms with van der Waals surface area (Å²) in [6.07, 6.45) is 1.61. The Morgan fingerprint density at radius 2 is 1.92 bits per heavy atom. The van der Waals surface area contributed by atoms with Gasteiger partial charge in [-0.2, -0.15) is 0 Å². The van der Waals surface area contributed by atoms with Crippen molar-refractivity contribution in [2.75, 3.05) is 6.61 Å². The molecule has 0 fully saturated rings. The zero-order valence-corrected chi connectivity index (χ0v) is 16.1. The Bertz CT molecular complexity index is 990. The third-order valence-corrected chi connectivity index (χ3v) is 5.58. The van der Waals surface area contributed by atoms with E-state index in [9.17, 15) is 9.59 Å². The summed E-state index contributed by atoms with van der Waals surface area (Å²) in [5.74, 6) is 0.124. The number of thiophene rings is 1. The molecule has 0 aliphatic heterocycles. The summed E-state index contributed by atoms with van der Waals surface area (Å²) in [5, 5.41) is 0.606. The fourth-order valence-electron chi connectivity index (χ4n) is 2.90. The van der Waals surface area contributed by atoms with Crippen molar-refractivity contribution in [3.05, 3.63) is 62.5 Å². The zero-order valence-electron chi connectivity index (χ0n) is 15.2. The van der Waals surface area contributed by atoms with E-state index in [0.29, 0.717) is 17.8 Å². The maximum Gasteiger partial charge on any atom is 0.326 e. The average molecular weight is 370 g/mol. The van der Waals surface area contributed by atoms with Gasteiger partial charge in [-0.1, -0.05) is 30.3 Å². The first-order chi connectivity index (χ1) is 12.5. The number of hydrogen-bond donors (Lipinski definition) is 0. The molecular formula is C20H22N2O3S. The third kappa shape index (κ3) is 3.85. The molecule has 0 spiro atoms. The molecule has 0 aliphatic rings. The van der Waals surface area contributed by atoms with Crippen molar-refractivity contribution < 1.29 is 9.53 Å². The highest BCUT2D eigenvalue weighted by Gasteiger charge is 2.16. The second-order valence-electron chi connectivity index (χ2n) is 6.32. The van der Waals surface area contributed by atoms with Crippen LogP contribution in [-0.4, -0.2) is 22.1 Å². The van der Waals surface area contributed by atoms with Gasteiger partial charge >= 0.3 is 5.97 Å². The fraction of sp³-hybridized carbons (Fsp3) is 0.350. The number of benzene rings is 1. The lowest BCUT2D eigenvalue weighted by molar-refractivity contribution is -0.144. The van der Waals surface area contributed by atoms with Crippen molar-refractivity contribution in [3.63, 3.8) is 0 Å². The molecule has 26 heavy (non-hydrogen) atoms. The minimum Gasteiger partial charge on any atom is -0.464 e. The number of ether oxygens (including phenoxy) is 1. The lowest BCUT2D eigenvalue weighted by Gasteiger charge is -2.10. The number of carbonyl (C=O) groups is 1. The Balaban J connectivity index is 1.64. The normalized spacial score (nSPS) is 11.0. The van der Waals surface area contributed by atoms with Crippen LogP contribution in [0.4, 0.5) is 0 Å². The van der Waals surface area contributed by atoms with E-state index >= 15 is 0 Å². The van der Waals surface area contributed by atoms with Crippen LogP contribution in [0.1, 0.15) is 28.2 Å². The molecule has 0 unspecified atom stereocenters. The molecule has 1 aromatic carbocycles. The second kappa shape index (κ2) is 7.83. The number of esters is 1. The Kier molecular flexibility index (Phi) is 5.52. The molecular weight excluding hydrogens is 348 g/mol. The van der Waals surface area contributed by atoms with Crippen LogP contribution in [0, 0.1) is 20.8 Å². The van der Waals surface area contributed by atoms with Crippen LogP contribution < -0.4 is 5.56 Å². The van der Waals surface area contributed by atoms with Gasteiger partial charge < -0.3 is 4.74 Å². The van der Waals surface area contributed by atoms with Crippen LogP contribution in [0.5, 0.6) is 0 Å². The standard InChI is InChI=1S/C20H22N2O3S/c1-13-14(2)26-19-18(13)20(24)22(15(3)21-19)12-17(23)25-11-7-10-16-8-5-4-6-9-16/h4-6,8-9H,7,10-12H2,1-3H3. The lowest BCUT2D eigenvalue weighted by atomic mass is 10.1. The first-order valence-electron chi connectivity index (χ1n) is 8.64. The lowest BCUT2D eigenvalue weighted by Crippen LogP contribution is -2.28. The molecule has 0 atom stereocenters. The molecule has 0 N–H and O–H groups in total. The molecule has 0 saturated carbocycles. The molecule has 0 amide bonds. The Morgan fingerprint density at radius 3 is 2.65 bits per heavy atom. The van der Waals surface area contributed by atoms with Crippen LogP contribution in [0.15, 0.2) is 35.1 Å². The molecule has 0 aliphatic carbocycles. The molecule has 5 nitrogen and oxygen atoms in total. The summed E-state index contributed by atoms with van der Waals surface area (Å²) in [7, 11) is 0. The van der Waals surface area contributed by atoms with Crippen molar-refractivity contribution in [3.8, 4) is 0 Å². The predicted octanol–water partition coefficient (Wildman–Crippen LogP) is 3.56. The summed E-state index contributed by atoms with van der Waals surface area (Å²) < 4.78 is 6.71. The van der Waals surface area contributed by atoms with E-state index in [1.54, 1.807) is 6.92 Å².